The van der Waals surface area contributed by atoms with E-state index in [-0.39, 0.29) is 11.9 Å². The molecule has 0 saturated heterocycles. The third-order valence-electron chi connectivity index (χ3n) is 2.58. The van der Waals surface area contributed by atoms with Crippen LogP contribution >= 0.6 is 15.9 Å². The summed E-state index contributed by atoms with van der Waals surface area (Å²) in [6.45, 7) is 6.14. The van der Waals surface area contributed by atoms with Crippen molar-refractivity contribution in [2.45, 2.75) is 26.9 Å². The number of rotatable bonds is 4. The summed E-state index contributed by atoms with van der Waals surface area (Å²) in [4.78, 5) is 0. The van der Waals surface area contributed by atoms with Crippen LogP contribution in [0.15, 0.2) is 27.8 Å². The molecule has 0 saturated carbocycles. The fourth-order valence-electron chi connectivity index (χ4n) is 1.20. The van der Waals surface area contributed by atoms with E-state index < -0.39 is 0 Å². The number of hydrogen-bond donors (Lipinski definition) is 2. The van der Waals surface area contributed by atoms with Crippen molar-refractivity contribution in [1.82, 2.24) is 0 Å². The molecule has 0 amide bonds. The normalized spacial score (nSPS) is 13.8. The Kier molecular flexibility index (Phi) is 4.81. The smallest absolute Gasteiger partial charge is 0.173 e. The van der Waals surface area contributed by atoms with Crippen molar-refractivity contribution in [2.75, 3.05) is 0 Å². The predicted octanol–water partition coefficient (Wildman–Crippen LogP) is 2.97. The minimum absolute atomic E-state index is 0.0449. The van der Waals surface area contributed by atoms with Crippen LogP contribution < -0.4 is 10.5 Å². The fourth-order valence-corrected chi connectivity index (χ4v) is 1.54. The molecule has 1 aromatic rings. The first-order valence-corrected chi connectivity index (χ1v) is 6.19. The number of hydrogen-bond acceptors (Lipinski definition) is 3. The van der Waals surface area contributed by atoms with Crippen molar-refractivity contribution in [3.05, 3.63) is 28.2 Å². The molecular weight excluding hydrogens is 284 g/mol. The first kappa shape index (κ1) is 13.8. The Morgan fingerprint density at radius 1 is 1.41 bits per heavy atom. The zero-order valence-corrected chi connectivity index (χ0v) is 11.7. The van der Waals surface area contributed by atoms with Crippen LogP contribution in [-0.4, -0.2) is 17.1 Å². The van der Waals surface area contributed by atoms with Gasteiger partial charge in [-0.2, -0.15) is 0 Å². The molecule has 0 aromatic heterocycles. The molecule has 0 radical (unpaired) electrons. The summed E-state index contributed by atoms with van der Waals surface area (Å²) in [6, 6.07) is 5.38. The van der Waals surface area contributed by atoms with Gasteiger partial charge >= 0.3 is 0 Å². The van der Waals surface area contributed by atoms with E-state index in [1.165, 1.54) is 0 Å². The van der Waals surface area contributed by atoms with E-state index in [2.05, 4.69) is 34.9 Å². The van der Waals surface area contributed by atoms with Gasteiger partial charge in [-0.05, 0) is 31.0 Å². The lowest BCUT2D eigenvalue weighted by Crippen LogP contribution is -2.22. The topological polar surface area (TPSA) is 67.8 Å². The van der Waals surface area contributed by atoms with E-state index >= 15 is 0 Å². The SMILES string of the molecule is CC(C)C(C)Oc1cc(Br)ccc1/C(N)=N/O. The van der Waals surface area contributed by atoms with Crippen LogP contribution in [0, 0.1) is 5.92 Å². The van der Waals surface area contributed by atoms with Crippen molar-refractivity contribution in [3.8, 4) is 5.75 Å². The Morgan fingerprint density at radius 2 is 2.06 bits per heavy atom. The van der Waals surface area contributed by atoms with Gasteiger partial charge < -0.3 is 15.7 Å². The summed E-state index contributed by atoms with van der Waals surface area (Å²) in [6.07, 6.45) is 0.0505. The molecule has 94 valence electrons. The van der Waals surface area contributed by atoms with E-state index in [4.69, 9.17) is 15.7 Å². The molecule has 1 aromatic carbocycles. The van der Waals surface area contributed by atoms with Crippen molar-refractivity contribution in [2.24, 2.45) is 16.8 Å². The third kappa shape index (κ3) is 3.63. The third-order valence-corrected chi connectivity index (χ3v) is 3.07. The van der Waals surface area contributed by atoms with E-state index in [0.29, 0.717) is 17.2 Å². The molecule has 0 heterocycles. The summed E-state index contributed by atoms with van der Waals surface area (Å²) in [7, 11) is 0. The molecule has 0 aliphatic carbocycles. The first-order valence-electron chi connectivity index (χ1n) is 5.39. The lowest BCUT2D eigenvalue weighted by Gasteiger charge is -2.20. The molecule has 0 aliphatic rings. The van der Waals surface area contributed by atoms with E-state index in [0.717, 1.165) is 4.47 Å². The Balaban J connectivity index is 3.07. The van der Waals surface area contributed by atoms with Crippen LogP contribution in [0.3, 0.4) is 0 Å². The molecular formula is C12H17BrN2O2. The minimum Gasteiger partial charge on any atom is -0.490 e. The zero-order chi connectivity index (χ0) is 13.0. The second-order valence-electron chi connectivity index (χ2n) is 4.19. The largest absolute Gasteiger partial charge is 0.490 e. The summed E-state index contributed by atoms with van der Waals surface area (Å²) >= 11 is 3.37. The second kappa shape index (κ2) is 5.91. The molecule has 3 N–H and O–H groups in total. The first-order chi connectivity index (χ1) is 7.95. The van der Waals surface area contributed by atoms with E-state index in [1.807, 2.05) is 19.1 Å². The van der Waals surface area contributed by atoms with Gasteiger partial charge in [0.25, 0.3) is 0 Å². The maximum Gasteiger partial charge on any atom is 0.173 e. The van der Waals surface area contributed by atoms with Crippen molar-refractivity contribution in [1.29, 1.82) is 0 Å². The van der Waals surface area contributed by atoms with Gasteiger partial charge in [-0.3, -0.25) is 0 Å². The number of oxime groups is 1. The van der Waals surface area contributed by atoms with E-state index in [1.54, 1.807) is 6.07 Å². The summed E-state index contributed by atoms with van der Waals surface area (Å²) in [5, 5.41) is 11.7. The van der Waals surface area contributed by atoms with Crippen molar-refractivity contribution in [3.63, 3.8) is 0 Å². The van der Waals surface area contributed by atoms with Gasteiger partial charge in [0.1, 0.15) is 5.75 Å². The fraction of sp³-hybridized carbons (Fsp3) is 0.417. The van der Waals surface area contributed by atoms with Crippen molar-refractivity contribution < 1.29 is 9.94 Å². The van der Waals surface area contributed by atoms with Gasteiger partial charge in [0.2, 0.25) is 0 Å². The number of amidine groups is 1. The van der Waals surface area contributed by atoms with Gasteiger partial charge in [-0.25, -0.2) is 0 Å². The molecule has 1 atom stereocenters. The molecule has 4 nitrogen and oxygen atoms in total. The van der Waals surface area contributed by atoms with Gasteiger partial charge in [0.15, 0.2) is 5.84 Å². The Morgan fingerprint density at radius 3 is 2.59 bits per heavy atom. The van der Waals surface area contributed by atoms with E-state index in [9.17, 15) is 0 Å². The van der Waals surface area contributed by atoms with Crippen LogP contribution in [0.5, 0.6) is 5.75 Å². The van der Waals surface area contributed by atoms with Gasteiger partial charge in [0, 0.05) is 4.47 Å². The highest BCUT2D eigenvalue weighted by Gasteiger charge is 2.14. The quantitative estimate of drug-likeness (QED) is 0.389. The lowest BCUT2D eigenvalue weighted by molar-refractivity contribution is 0.170. The number of nitrogens with zero attached hydrogens (tertiary/aromatic N) is 1. The molecule has 0 aliphatic heterocycles. The van der Waals surface area contributed by atoms with Crippen LogP contribution in [0.4, 0.5) is 0 Å². The van der Waals surface area contributed by atoms with Gasteiger partial charge in [-0.1, -0.05) is 34.9 Å². The lowest BCUT2D eigenvalue weighted by atomic mass is 10.1. The van der Waals surface area contributed by atoms with Crippen LogP contribution in [0.25, 0.3) is 0 Å². The Bertz CT molecular complexity index is 419. The van der Waals surface area contributed by atoms with Crippen LogP contribution in [0.1, 0.15) is 26.3 Å². The highest BCUT2D eigenvalue weighted by atomic mass is 79.9. The highest BCUT2D eigenvalue weighted by Crippen LogP contribution is 2.25. The van der Waals surface area contributed by atoms with Gasteiger partial charge in [0.05, 0.1) is 11.7 Å². The number of benzene rings is 1. The molecule has 17 heavy (non-hydrogen) atoms. The molecule has 1 unspecified atom stereocenters. The summed E-state index contributed by atoms with van der Waals surface area (Å²) in [5.41, 5.74) is 6.19. The molecule has 0 bridgehead atoms. The number of halogens is 1. The van der Waals surface area contributed by atoms with Gasteiger partial charge in [-0.15, -0.1) is 0 Å². The average molecular weight is 301 g/mol. The maximum atomic E-state index is 8.72. The predicted molar refractivity (Wildman–Crippen MR) is 71.6 cm³/mol. The highest BCUT2D eigenvalue weighted by molar-refractivity contribution is 9.10. The van der Waals surface area contributed by atoms with Crippen molar-refractivity contribution >= 4 is 21.8 Å². The standard InChI is InChI=1S/C12H17BrN2O2/c1-7(2)8(3)17-11-6-9(13)4-5-10(11)12(14)15-16/h4-8,16H,1-3H3,(H2,14,15). The Hall–Kier alpha value is -1.23. The maximum absolute atomic E-state index is 8.72. The minimum atomic E-state index is 0.0449. The summed E-state index contributed by atoms with van der Waals surface area (Å²) in [5.74, 6) is 1.04. The molecule has 5 heteroatoms. The number of nitrogens with two attached hydrogens (primary N) is 1. The number of ether oxygens (including phenoxy) is 1. The second-order valence-corrected chi connectivity index (χ2v) is 5.11. The monoisotopic (exact) mass is 300 g/mol. The van der Waals surface area contributed by atoms with Crippen LogP contribution in [0.2, 0.25) is 0 Å². The molecule has 1 rings (SSSR count). The molecule has 0 fully saturated rings. The summed E-state index contributed by atoms with van der Waals surface area (Å²) < 4.78 is 6.70. The average Bonchev–Trinajstić information content (AvgIpc) is 2.28. The van der Waals surface area contributed by atoms with Crippen LogP contribution in [-0.2, 0) is 0 Å². The zero-order valence-electron chi connectivity index (χ0n) is 10.1. The Labute approximate surface area is 110 Å². The molecule has 0 spiro atoms.